The topological polar surface area (TPSA) is 257 Å². The third kappa shape index (κ3) is 18.4. The summed E-state index contributed by atoms with van der Waals surface area (Å²) in [7, 11) is 3.42. The van der Waals surface area contributed by atoms with Gasteiger partial charge < -0.3 is 50.4 Å². The summed E-state index contributed by atoms with van der Waals surface area (Å²) in [6, 6.07) is 7.35. The normalized spacial score (nSPS) is 26.0. The largest absolute Gasteiger partial charge is 0.444 e. The summed E-state index contributed by atoms with van der Waals surface area (Å²) in [5.74, 6) is 3.35. The van der Waals surface area contributed by atoms with Crippen LogP contribution in [0.2, 0.25) is 0 Å². The molecule has 5 aliphatic heterocycles. The van der Waals surface area contributed by atoms with E-state index in [1.165, 1.54) is 68.0 Å². The van der Waals surface area contributed by atoms with Crippen LogP contribution in [0.5, 0.6) is 0 Å². The molecule has 7 aromatic heterocycles. The number of carbonyl (C=O) groups is 1. The number of carbonyl (C=O) groups excluding carboxylic acids is 1. The van der Waals surface area contributed by atoms with Crippen molar-refractivity contribution in [2.75, 3.05) is 76.2 Å². The number of hydrogen-bond donors (Lipinski definition) is 6. The number of aliphatic hydroxyl groups is 2. The van der Waals surface area contributed by atoms with Crippen molar-refractivity contribution in [2.24, 2.45) is 5.92 Å². The van der Waals surface area contributed by atoms with Gasteiger partial charge in [-0.25, -0.2) is 33.3 Å². The standard InChI is InChI=1S/C28H38F3N5O3.C27H41N7O3.C24H35N5O/c1-16(14-28(29,30)31)33-25-32-15-24-22(13-23(36(24)34-25)17-5-9-21(37)10-6-17)18-11-19-7-8-20(12-18)35(19)26(38)39-27(2,3)4;1-19(17-36-4)30-26-28-15-25-23(13-24(34(25)31-26)20-5-7-22(35)8-6-20)21-14-29-33(16-21)27(2,3)18-32-9-11-37-12-10-32;1-15-4-6-17(7-5-15)22-12-21(18-10-19-8-9-20(11-18)27-19)23-13-25-24(28-29(22)23)26-16(2)14-30-3/h11,13,15-17,19-21,37H,5-10,12,14H2,1-4H3,(H,33,34);13-16,19-20,22,35H,5-12,17-18H2,1-4H3,(H,30,31);10,12-13,15-17,19-20,27H,4-9,11,14H2,1-3H3,(H,26,28)/t16-,17?,19+,20-,21?;19-,20?,22?;15?,16-,17?,19-,20+/m000/s1. The fraction of sp³-hybridized carbons (Fsp3) is 0.671. The molecule has 0 radical (unpaired) electrons. The van der Waals surface area contributed by atoms with Crippen molar-refractivity contribution in [1.82, 2.24) is 68.7 Å². The number of aromatic nitrogens is 11. The third-order valence-electron chi connectivity index (χ3n) is 22.9. The zero-order valence-corrected chi connectivity index (χ0v) is 64.0. The van der Waals surface area contributed by atoms with E-state index in [4.69, 9.17) is 34.2 Å². The molecule has 3 saturated heterocycles. The lowest BCUT2D eigenvalue weighted by Gasteiger charge is -2.35. The Labute approximate surface area is 621 Å². The minimum absolute atomic E-state index is 0.0400. The van der Waals surface area contributed by atoms with Crippen LogP contribution in [0.3, 0.4) is 0 Å². The Hall–Kier alpha value is -7.27. The fourth-order valence-corrected chi connectivity index (χ4v) is 17.5. The number of anilines is 3. The maximum absolute atomic E-state index is 12.9. The van der Waals surface area contributed by atoms with E-state index < -0.39 is 24.2 Å². The van der Waals surface area contributed by atoms with Gasteiger partial charge >= 0.3 is 12.3 Å². The molecule has 7 atom stereocenters. The smallest absolute Gasteiger partial charge is 0.411 e. The van der Waals surface area contributed by atoms with Gasteiger partial charge in [0, 0.05) is 133 Å². The Morgan fingerprint density at radius 1 is 0.623 bits per heavy atom. The van der Waals surface area contributed by atoms with Gasteiger partial charge in [0.1, 0.15) is 5.60 Å². The number of amides is 1. The first-order valence-electron chi connectivity index (χ1n) is 39.1. The van der Waals surface area contributed by atoms with Gasteiger partial charge in [-0.1, -0.05) is 31.9 Å². The molecule has 8 aliphatic rings. The van der Waals surface area contributed by atoms with Gasteiger partial charge in [-0.3, -0.25) is 14.5 Å². The summed E-state index contributed by atoms with van der Waals surface area (Å²) >= 11 is 0. The van der Waals surface area contributed by atoms with Gasteiger partial charge in [-0.15, -0.1) is 15.3 Å². The second kappa shape index (κ2) is 32.9. The van der Waals surface area contributed by atoms with E-state index >= 15 is 0 Å². The van der Waals surface area contributed by atoms with Crippen molar-refractivity contribution in [1.29, 1.82) is 0 Å². The number of methoxy groups -OCH3 is 2. The maximum atomic E-state index is 12.9. The number of aliphatic hydroxyl groups excluding tert-OH is 2. The lowest BCUT2D eigenvalue weighted by Crippen LogP contribution is -2.46. The van der Waals surface area contributed by atoms with Crippen LogP contribution in [0.25, 0.3) is 38.8 Å². The highest BCUT2D eigenvalue weighted by Crippen LogP contribution is 2.45. The highest BCUT2D eigenvalue weighted by molar-refractivity contribution is 5.84. The van der Waals surface area contributed by atoms with Crippen LogP contribution in [0.4, 0.5) is 35.8 Å². The van der Waals surface area contributed by atoms with Crippen LogP contribution in [-0.4, -0.2) is 206 Å². The van der Waals surface area contributed by atoms with E-state index in [1.807, 2.05) is 53.3 Å². The van der Waals surface area contributed by atoms with E-state index in [0.717, 1.165) is 141 Å². The van der Waals surface area contributed by atoms with Crippen LogP contribution in [0.1, 0.15) is 230 Å². The SMILES string of the molecule is COC[C@H](C)Nc1ncc2c(-c3cnn(C(C)(C)CN4CCOCC4)c3)cc(C3CCC(O)CC3)n2n1.COC[C@H](C)Nc1ncc2c(C3=C[C@@H]4CC[C@H](C3)N4)cc(C3CCC(C)CC3)n2n1.C[C@@H](CC(F)(F)F)Nc1ncc2c(C3=C[C@H]4CC[C@@H](C3)N4C(=O)OC(C)(C)C)cc(C3CCC(O)CC3)n2n1. The van der Waals surface area contributed by atoms with E-state index in [1.54, 1.807) is 20.4 Å². The number of fused-ring (bicyclic) bond motifs is 7. The number of morpholine rings is 1. The maximum Gasteiger partial charge on any atom is 0.411 e. The molecule has 24 nitrogen and oxygen atoms in total. The van der Waals surface area contributed by atoms with E-state index in [9.17, 15) is 28.2 Å². The molecule has 4 bridgehead atoms. The molecule has 1 amide bonds. The number of alkyl halides is 3. The van der Waals surface area contributed by atoms with E-state index in [2.05, 4.69) is 127 Å². The number of halogens is 3. The summed E-state index contributed by atoms with van der Waals surface area (Å²) in [5, 5.41) is 52.7. The van der Waals surface area contributed by atoms with Crippen molar-refractivity contribution < 1.29 is 47.1 Å². The van der Waals surface area contributed by atoms with Crippen LogP contribution in [0.15, 0.2) is 61.3 Å². The molecule has 0 unspecified atom stereocenters. The number of nitrogens with zero attached hydrogens (tertiary/aromatic N) is 13. The average molecular weight is 1470 g/mol. The first-order valence-corrected chi connectivity index (χ1v) is 39.1. The number of hydrogen-bond acceptors (Lipinski definition) is 19. The van der Waals surface area contributed by atoms with Gasteiger partial charge in [-0.05, 0) is 193 Å². The van der Waals surface area contributed by atoms with Crippen molar-refractivity contribution in [3.05, 3.63) is 89.5 Å². The van der Waals surface area contributed by atoms with Crippen LogP contribution in [0, 0.1) is 5.92 Å². The van der Waals surface area contributed by atoms with Crippen LogP contribution in [-0.2, 0) is 24.5 Å². The Balaban J connectivity index is 0.000000142. The second-order valence-corrected chi connectivity index (χ2v) is 33.3. The summed E-state index contributed by atoms with van der Waals surface area (Å²) in [6.45, 7) is 23.7. The van der Waals surface area contributed by atoms with E-state index in [-0.39, 0.29) is 59.9 Å². The molecule has 578 valence electrons. The van der Waals surface area contributed by atoms with Gasteiger partial charge in [0.15, 0.2) is 0 Å². The molecular weight excluding hydrogens is 1360 g/mol. The van der Waals surface area contributed by atoms with Crippen LogP contribution >= 0.6 is 0 Å². The van der Waals surface area contributed by atoms with Gasteiger partial charge in [-0.2, -0.15) is 18.3 Å². The number of rotatable bonds is 20. The zero-order chi connectivity index (χ0) is 74.8. The molecule has 15 rings (SSSR count). The molecule has 3 saturated carbocycles. The van der Waals surface area contributed by atoms with Gasteiger partial charge in [0.25, 0.3) is 0 Å². The summed E-state index contributed by atoms with van der Waals surface area (Å²) < 4.78 is 68.5. The first kappa shape index (κ1) is 76.9. The molecule has 0 spiro atoms. The van der Waals surface area contributed by atoms with Crippen molar-refractivity contribution in [3.8, 4) is 11.1 Å². The number of ether oxygens (including phenoxy) is 4. The molecule has 7 aromatic rings. The monoisotopic (exact) mass is 1470 g/mol. The van der Waals surface area contributed by atoms with Gasteiger partial charge in [0.2, 0.25) is 17.8 Å². The molecule has 12 heterocycles. The highest BCUT2D eigenvalue weighted by atomic mass is 19.4. The van der Waals surface area contributed by atoms with Crippen molar-refractivity contribution >= 4 is 51.6 Å². The Kier molecular flexibility index (Phi) is 23.9. The minimum Gasteiger partial charge on any atom is -0.444 e. The Bertz CT molecular complexity index is 4190. The molecule has 27 heteroatoms. The summed E-state index contributed by atoms with van der Waals surface area (Å²) in [5.41, 5.74) is 12.8. The lowest BCUT2D eigenvalue weighted by molar-refractivity contribution is -0.136. The molecule has 6 fully saturated rings. The molecule has 6 N–H and O–H groups in total. The minimum atomic E-state index is -4.29. The summed E-state index contributed by atoms with van der Waals surface area (Å²) in [4.78, 5) is 30.9. The Morgan fingerprint density at radius 3 is 1.60 bits per heavy atom. The van der Waals surface area contributed by atoms with E-state index in [0.29, 0.717) is 68.3 Å². The molecule has 3 aliphatic carbocycles. The Morgan fingerprint density at radius 2 is 1.11 bits per heavy atom. The quantitative estimate of drug-likeness (QED) is 0.0414. The lowest BCUT2D eigenvalue weighted by atomic mass is 9.81. The average Bonchev–Trinajstić information content (AvgIpc) is 1.63. The third-order valence-corrected chi connectivity index (χ3v) is 22.9. The second-order valence-electron chi connectivity index (χ2n) is 33.3. The van der Waals surface area contributed by atoms with Crippen molar-refractivity contribution in [2.45, 2.75) is 274 Å². The molecule has 106 heavy (non-hydrogen) atoms. The zero-order valence-electron chi connectivity index (χ0n) is 64.0. The fourth-order valence-electron chi connectivity index (χ4n) is 17.5. The van der Waals surface area contributed by atoms with Crippen molar-refractivity contribution in [3.63, 3.8) is 0 Å². The predicted octanol–water partition coefficient (Wildman–Crippen LogP) is 13.6. The predicted molar refractivity (Wildman–Crippen MR) is 405 cm³/mol. The molecule has 0 aromatic carbocycles. The van der Waals surface area contributed by atoms with Gasteiger partial charge in [0.05, 0.1) is 98.0 Å². The summed E-state index contributed by atoms with van der Waals surface area (Å²) in [6.07, 6.45) is 26.0. The first-order chi connectivity index (χ1) is 50.7. The van der Waals surface area contributed by atoms with Crippen LogP contribution < -0.4 is 21.3 Å². The number of nitrogens with one attached hydrogen (secondary N) is 4. The highest BCUT2D eigenvalue weighted by Gasteiger charge is 2.43. The molecular formula is C79H114F3N17O7.